The van der Waals surface area contributed by atoms with Gasteiger partial charge in [-0.25, -0.2) is 8.42 Å². The molecule has 32 heavy (non-hydrogen) atoms. The van der Waals surface area contributed by atoms with E-state index in [-0.39, 0.29) is 17.6 Å². The summed E-state index contributed by atoms with van der Waals surface area (Å²) in [6.45, 7) is 2.51. The molecule has 0 radical (unpaired) electrons. The molecule has 2 heterocycles. The van der Waals surface area contributed by atoms with Gasteiger partial charge < -0.3 is 4.42 Å². The van der Waals surface area contributed by atoms with Crippen LogP contribution in [0.5, 0.6) is 0 Å². The Morgan fingerprint density at radius 2 is 1.97 bits per heavy atom. The summed E-state index contributed by atoms with van der Waals surface area (Å²) in [6, 6.07) is 12.8. The molecule has 11 heteroatoms. The minimum atomic E-state index is -3.49. The van der Waals surface area contributed by atoms with Gasteiger partial charge in [0.15, 0.2) is 0 Å². The van der Waals surface area contributed by atoms with E-state index in [4.69, 9.17) is 4.42 Å². The molecule has 0 amide bonds. The second-order valence-corrected chi connectivity index (χ2v) is 10.4. The second kappa shape index (κ2) is 9.39. The fraction of sp³-hybridized carbons (Fsp3) is 0.333. The van der Waals surface area contributed by atoms with Gasteiger partial charge in [0.1, 0.15) is 0 Å². The summed E-state index contributed by atoms with van der Waals surface area (Å²) in [5.74, 6) is 0.713. The average Bonchev–Trinajstić information content (AvgIpc) is 3.27. The average molecular weight is 475 g/mol. The maximum atomic E-state index is 12.9. The lowest BCUT2D eigenvalue weighted by molar-refractivity contribution is -0.384. The third kappa shape index (κ3) is 4.84. The second-order valence-electron chi connectivity index (χ2n) is 7.57. The van der Waals surface area contributed by atoms with Crippen LogP contribution in [-0.4, -0.2) is 40.4 Å². The molecule has 1 aromatic heterocycles. The van der Waals surface area contributed by atoms with Crippen molar-refractivity contribution in [3.63, 3.8) is 0 Å². The molecule has 9 nitrogen and oxygen atoms in total. The Bertz CT molecular complexity index is 1210. The summed E-state index contributed by atoms with van der Waals surface area (Å²) in [4.78, 5) is 10.8. The Balaban J connectivity index is 1.41. The summed E-state index contributed by atoms with van der Waals surface area (Å²) in [6.07, 6.45) is 2.83. The van der Waals surface area contributed by atoms with E-state index in [0.717, 1.165) is 24.8 Å². The largest absolute Gasteiger partial charge is 0.411 e. The Labute approximate surface area is 190 Å². The Morgan fingerprint density at radius 3 is 2.69 bits per heavy atom. The Kier molecular flexibility index (Phi) is 6.58. The van der Waals surface area contributed by atoms with Crippen LogP contribution >= 0.6 is 11.8 Å². The zero-order valence-corrected chi connectivity index (χ0v) is 19.0. The number of sulfonamides is 1. The highest BCUT2D eigenvalue weighted by atomic mass is 32.2. The molecule has 2 aromatic carbocycles. The highest BCUT2D eigenvalue weighted by Gasteiger charge is 2.30. The SMILES string of the molecule is CC1CCCCN1S(=O)(=O)c1ccc(CSc2nnc(-c3cccc([N+](=O)[O-])c3)o2)cc1. The van der Waals surface area contributed by atoms with E-state index >= 15 is 0 Å². The molecule has 4 rings (SSSR count). The molecule has 1 unspecified atom stereocenters. The first kappa shape index (κ1) is 22.4. The van der Waals surface area contributed by atoms with Crippen LogP contribution in [0.25, 0.3) is 11.5 Å². The Morgan fingerprint density at radius 1 is 1.19 bits per heavy atom. The quantitative estimate of drug-likeness (QED) is 0.279. The summed E-state index contributed by atoms with van der Waals surface area (Å²) < 4.78 is 33.1. The fourth-order valence-electron chi connectivity index (χ4n) is 3.60. The number of hydrogen-bond donors (Lipinski definition) is 0. The van der Waals surface area contributed by atoms with Gasteiger partial charge in [0.25, 0.3) is 10.9 Å². The van der Waals surface area contributed by atoms with Gasteiger partial charge in [-0.2, -0.15) is 4.31 Å². The van der Waals surface area contributed by atoms with E-state index < -0.39 is 14.9 Å². The lowest BCUT2D eigenvalue weighted by Crippen LogP contribution is -2.41. The number of aromatic nitrogens is 2. The molecule has 0 bridgehead atoms. The zero-order valence-electron chi connectivity index (χ0n) is 17.4. The summed E-state index contributed by atoms with van der Waals surface area (Å²) >= 11 is 1.31. The van der Waals surface area contributed by atoms with Crippen molar-refractivity contribution in [1.29, 1.82) is 0 Å². The molecule has 0 spiro atoms. The van der Waals surface area contributed by atoms with E-state index in [0.29, 0.717) is 28.0 Å². The van der Waals surface area contributed by atoms with Crippen molar-refractivity contribution in [3.8, 4) is 11.5 Å². The molecule has 1 aliphatic rings. The molecule has 1 saturated heterocycles. The summed E-state index contributed by atoms with van der Waals surface area (Å²) in [5.41, 5.74) is 1.33. The van der Waals surface area contributed by atoms with Crippen LogP contribution in [0, 0.1) is 10.1 Å². The van der Waals surface area contributed by atoms with Gasteiger partial charge >= 0.3 is 0 Å². The number of thioether (sulfide) groups is 1. The molecule has 168 valence electrons. The maximum absolute atomic E-state index is 12.9. The van der Waals surface area contributed by atoms with Gasteiger partial charge in [-0.1, -0.05) is 36.4 Å². The highest BCUT2D eigenvalue weighted by molar-refractivity contribution is 7.98. The third-order valence-corrected chi connectivity index (χ3v) is 8.26. The van der Waals surface area contributed by atoms with E-state index in [1.165, 1.54) is 23.9 Å². The van der Waals surface area contributed by atoms with Crippen molar-refractivity contribution in [1.82, 2.24) is 14.5 Å². The molecule has 0 aliphatic carbocycles. The van der Waals surface area contributed by atoms with Gasteiger partial charge in [-0.05, 0) is 43.5 Å². The predicted molar refractivity (Wildman–Crippen MR) is 120 cm³/mol. The van der Waals surface area contributed by atoms with Crippen LogP contribution in [0.2, 0.25) is 0 Å². The maximum Gasteiger partial charge on any atom is 0.277 e. The molecular weight excluding hydrogens is 452 g/mol. The van der Waals surface area contributed by atoms with Gasteiger partial charge in [0, 0.05) is 36.0 Å². The van der Waals surface area contributed by atoms with E-state index in [1.54, 1.807) is 40.7 Å². The van der Waals surface area contributed by atoms with Crippen molar-refractivity contribution in [2.24, 2.45) is 0 Å². The number of non-ortho nitro benzene ring substituents is 1. The van der Waals surface area contributed by atoms with Crippen LogP contribution in [0.3, 0.4) is 0 Å². The molecule has 0 saturated carbocycles. The molecular formula is C21H22N4O5S2. The van der Waals surface area contributed by atoms with Crippen LogP contribution in [0.15, 0.2) is 63.1 Å². The van der Waals surface area contributed by atoms with E-state index in [9.17, 15) is 18.5 Å². The molecule has 1 atom stereocenters. The van der Waals surface area contributed by atoms with Crippen LogP contribution in [-0.2, 0) is 15.8 Å². The lowest BCUT2D eigenvalue weighted by Gasteiger charge is -2.32. The Hall–Kier alpha value is -2.76. The van der Waals surface area contributed by atoms with Gasteiger partial charge in [-0.3, -0.25) is 10.1 Å². The zero-order chi connectivity index (χ0) is 22.7. The normalized spacial score (nSPS) is 17.3. The third-order valence-electron chi connectivity index (χ3n) is 5.34. The molecule has 1 fully saturated rings. The number of nitro groups is 1. The first-order valence-corrected chi connectivity index (χ1v) is 12.6. The van der Waals surface area contributed by atoms with Crippen LogP contribution in [0.1, 0.15) is 31.7 Å². The predicted octanol–water partition coefficient (Wildman–Crippen LogP) is 4.50. The van der Waals surface area contributed by atoms with Crippen molar-refractivity contribution >= 4 is 27.5 Å². The molecule has 3 aromatic rings. The highest BCUT2D eigenvalue weighted by Crippen LogP contribution is 2.29. The first-order valence-electron chi connectivity index (χ1n) is 10.2. The van der Waals surface area contributed by atoms with Crippen molar-refractivity contribution in [2.45, 2.75) is 48.1 Å². The minimum Gasteiger partial charge on any atom is -0.411 e. The summed E-state index contributed by atoms with van der Waals surface area (Å²) in [7, 11) is -3.49. The monoisotopic (exact) mass is 474 g/mol. The first-order chi connectivity index (χ1) is 15.3. The van der Waals surface area contributed by atoms with E-state index in [2.05, 4.69) is 10.2 Å². The van der Waals surface area contributed by atoms with Gasteiger partial charge in [0.05, 0.1) is 9.82 Å². The van der Waals surface area contributed by atoms with Gasteiger partial charge in [0.2, 0.25) is 15.9 Å². The number of nitro benzene ring substituents is 1. The standard InChI is InChI=1S/C21H22N4O5S2/c1-15-5-2-3-12-24(15)32(28,29)19-10-8-16(9-11-19)14-31-21-23-22-20(30-21)17-6-4-7-18(13-17)25(26)27/h4,6-11,13,15H,2-3,5,12,14H2,1H3. The topological polar surface area (TPSA) is 119 Å². The van der Waals surface area contributed by atoms with Crippen molar-refractivity contribution in [2.75, 3.05) is 6.54 Å². The molecule has 1 aliphatic heterocycles. The number of nitrogens with zero attached hydrogens (tertiary/aromatic N) is 4. The number of piperidine rings is 1. The fourth-order valence-corrected chi connectivity index (χ4v) is 6.02. The minimum absolute atomic E-state index is 0.0155. The summed E-state index contributed by atoms with van der Waals surface area (Å²) in [5, 5.41) is 19.2. The van der Waals surface area contributed by atoms with Crippen molar-refractivity contribution < 1.29 is 17.8 Å². The smallest absolute Gasteiger partial charge is 0.277 e. The van der Waals surface area contributed by atoms with Crippen LogP contribution < -0.4 is 0 Å². The van der Waals surface area contributed by atoms with Crippen molar-refractivity contribution in [3.05, 3.63) is 64.2 Å². The number of benzene rings is 2. The van der Waals surface area contributed by atoms with E-state index in [1.807, 2.05) is 6.92 Å². The van der Waals surface area contributed by atoms with Gasteiger partial charge in [-0.15, -0.1) is 10.2 Å². The number of rotatable bonds is 7. The number of hydrogen-bond acceptors (Lipinski definition) is 8. The van der Waals surface area contributed by atoms with Crippen LogP contribution in [0.4, 0.5) is 5.69 Å². The molecule has 0 N–H and O–H groups in total. The lowest BCUT2D eigenvalue weighted by atomic mass is 10.1.